The molecular weight excluding hydrogens is 620 g/mol. The number of benzene rings is 1. The fourth-order valence-corrected chi connectivity index (χ4v) is 6.46. The molecule has 1 aromatic carbocycles. The van der Waals surface area contributed by atoms with Gasteiger partial charge in [0.25, 0.3) is 5.56 Å². The molecule has 1 atom stereocenters. The number of carbonyl (C=O) groups excluding carboxylic acids is 1. The van der Waals surface area contributed by atoms with E-state index < -0.39 is 12.0 Å². The van der Waals surface area contributed by atoms with E-state index in [4.69, 9.17) is 18.6 Å². The average Bonchev–Trinajstić information content (AvgIpc) is 3.45. The van der Waals surface area contributed by atoms with Crippen molar-refractivity contribution in [1.82, 2.24) is 14.5 Å². The van der Waals surface area contributed by atoms with Crippen LogP contribution < -0.4 is 24.4 Å². The molecule has 0 saturated carbocycles. The van der Waals surface area contributed by atoms with Gasteiger partial charge in [0.1, 0.15) is 23.3 Å². The SMILES string of the molecule is CCOC(=O)C1=C(C)N=c2s/c(=C/c3cc(Br)c(Sc4ncccn4)o3)c(=O)n2[C@@H]1c1cc(OC)ccc1OC. The van der Waals surface area contributed by atoms with Crippen LogP contribution in [0.2, 0.25) is 0 Å². The van der Waals surface area contributed by atoms with Crippen LogP contribution in [0.3, 0.4) is 0 Å². The lowest BCUT2D eigenvalue weighted by Crippen LogP contribution is -2.40. The first-order valence-corrected chi connectivity index (χ1v) is 14.4. The third kappa shape index (κ3) is 5.36. The molecule has 206 valence electrons. The van der Waals surface area contributed by atoms with Crippen molar-refractivity contribution in [2.24, 2.45) is 4.99 Å². The minimum atomic E-state index is -0.854. The van der Waals surface area contributed by atoms with Gasteiger partial charge in [-0.25, -0.2) is 19.8 Å². The number of fused-ring (bicyclic) bond motifs is 1. The Bertz CT molecular complexity index is 1800. The lowest BCUT2D eigenvalue weighted by Gasteiger charge is -2.26. The minimum absolute atomic E-state index is 0.170. The molecule has 1 aliphatic heterocycles. The summed E-state index contributed by atoms with van der Waals surface area (Å²) in [7, 11) is 3.07. The Hall–Kier alpha value is -3.68. The molecule has 3 aromatic heterocycles. The number of ether oxygens (including phenoxy) is 3. The van der Waals surface area contributed by atoms with Crippen LogP contribution in [0.25, 0.3) is 6.08 Å². The summed E-state index contributed by atoms with van der Waals surface area (Å²) in [6.07, 6.45) is 4.94. The number of hydrogen-bond donors (Lipinski definition) is 0. The first-order chi connectivity index (χ1) is 19.3. The van der Waals surface area contributed by atoms with Crippen molar-refractivity contribution in [2.45, 2.75) is 30.1 Å². The summed E-state index contributed by atoms with van der Waals surface area (Å²) in [4.78, 5) is 40.6. The van der Waals surface area contributed by atoms with Gasteiger partial charge in [0.05, 0.1) is 41.1 Å². The molecule has 0 radical (unpaired) electrons. The number of halogens is 1. The molecule has 4 aromatic rings. The smallest absolute Gasteiger partial charge is 0.338 e. The lowest BCUT2D eigenvalue weighted by atomic mass is 9.95. The summed E-state index contributed by atoms with van der Waals surface area (Å²) in [5.41, 5.74) is 0.910. The molecular formula is C27H23BrN4O6S2. The molecule has 0 amide bonds. The summed E-state index contributed by atoms with van der Waals surface area (Å²) in [6, 6.07) is 7.87. The zero-order valence-corrected chi connectivity index (χ0v) is 25.1. The normalized spacial score (nSPS) is 15.0. The van der Waals surface area contributed by atoms with Crippen LogP contribution in [-0.2, 0) is 9.53 Å². The molecule has 0 fully saturated rings. The van der Waals surface area contributed by atoms with Gasteiger partial charge in [0, 0.05) is 24.0 Å². The molecule has 4 heterocycles. The van der Waals surface area contributed by atoms with Gasteiger partial charge < -0.3 is 18.6 Å². The highest BCUT2D eigenvalue weighted by Gasteiger charge is 2.35. The van der Waals surface area contributed by atoms with Crippen molar-refractivity contribution in [3.63, 3.8) is 0 Å². The highest BCUT2D eigenvalue weighted by molar-refractivity contribution is 9.10. The van der Waals surface area contributed by atoms with Crippen molar-refractivity contribution < 1.29 is 23.4 Å². The van der Waals surface area contributed by atoms with Crippen LogP contribution in [0.15, 0.2) is 82.9 Å². The van der Waals surface area contributed by atoms with Crippen molar-refractivity contribution >= 4 is 51.1 Å². The van der Waals surface area contributed by atoms with E-state index in [9.17, 15) is 9.59 Å². The molecule has 0 aliphatic carbocycles. The number of aromatic nitrogens is 3. The van der Waals surface area contributed by atoms with E-state index >= 15 is 0 Å². The fourth-order valence-electron chi connectivity index (χ4n) is 4.20. The number of furan rings is 1. The Labute approximate surface area is 245 Å². The highest BCUT2D eigenvalue weighted by Crippen LogP contribution is 2.38. The zero-order valence-electron chi connectivity index (χ0n) is 21.8. The summed E-state index contributed by atoms with van der Waals surface area (Å²) < 4.78 is 25.0. The van der Waals surface area contributed by atoms with E-state index in [1.807, 2.05) is 0 Å². The molecule has 0 unspecified atom stereocenters. The minimum Gasteiger partial charge on any atom is -0.497 e. The van der Waals surface area contributed by atoms with Gasteiger partial charge >= 0.3 is 5.97 Å². The Kier molecular flexibility index (Phi) is 8.24. The molecule has 0 saturated heterocycles. The van der Waals surface area contributed by atoms with E-state index in [1.54, 1.807) is 69.8 Å². The zero-order chi connectivity index (χ0) is 28.4. The summed E-state index contributed by atoms with van der Waals surface area (Å²) >= 11 is 5.95. The Morgan fingerprint density at radius 2 is 2.00 bits per heavy atom. The van der Waals surface area contributed by atoms with Crippen LogP contribution in [0.1, 0.15) is 31.2 Å². The summed E-state index contributed by atoms with van der Waals surface area (Å²) in [5, 5.41) is 1.07. The fraction of sp³-hybridized carbons (Fsp3) is 0.222. The third-order valence-electron chi connectivity index (χ3n) is 5.92. The van der Waals surface area contributed by atoms with Crippen LogP contribution in [0, 0.1) is 0 Å². The number of nitrogens with zero attached hydrogens (tertiary/aromatic N) is 4. The van der Waals surface area contributed by atoms with E-state index in [0.29, 0.717) is 52.6 Å². The van der Waals surface area contributed by atoms with Crippen LogP contribution in [0.5, 0.6) is 11.5 Å². The average molecular weight is 644 g/mol. The van der Waals surface area contributed by atoms with Gasteiger partial charge in [-0.2, -0.15) is 0 Å². The topological polar surface area (TPSA) is 118 Å². The molecule has 1 aliphatic rings. The Morgan fingerprint density at radius 1 is 1.23 bits per heavy atom. The second-order valence-electron chi connectivity index (χ2n) is 8.33. The van der Waals surface area contributed by atoms with Crippen molar-refractivity contribution in [1.29, 1.82) is 0 Å². The third-order valence-corrected chi connectivity index (χ3v) is 8.64. The first kappa shape index (κ1) is 27.9. The van der Waals surface area contributed by atoms with Crippen LogP contribution >= 0.6 is 39.0 Å². The number of hydrogen-bond acceptors (Lipinski definition) is 11. The van der Waals surface area contributed by atoms with Crippen LogP contribution in [0.4, 0.5) is 0 Å². The predicted molar refractivity (Wildman–Crippen MR) is 153 cm³/mol. The highest BCUT2D eigenvalue weighted by atomic mass is 79.9. The van der Waals surface area contributed by atoms with Gasteiger partial charge in [-0.05, 0) is 71.9 Å². The molecule has 0 spiro atoms. The van der Waals surface area contributed by atoms with Crippen LogP contribution in [-0.4, -0.2) is 41.3 Å². The second kappa shape index (κ2) is 11.8. The molecule has 0 bridgehead atoms. The standard InChI is InChI=1S/C27H23BrN4O6S2/c1-5-37-24(34)21-14(2)31-27-32(22(21)17-11-15(35-3)7-8-19(17)36-4)23(33)20(39-27)13-16-12-18(28)25(38-16)40-26-29-9-6-10-30-26/h6-13,22H,5H2,1-4H3/b20-13+/t22-/m1/s1. The van der Waals surface area contributed by atoms with E-state index in [0.717, 1.165) is 0 Å². The number of carbonyl (C=O) groups is 1. The molecule has 5 rings (SSSR count). The van der Waals surface area contributed by atoms with Crippen molar-refractivity contribution in [3.05, 3.63) is 89.5 Å². The molecule has 40 heavy (non-hydrogen) atoms. The van der Waals surface area contributed by atoms with Gasteiger partial charge in [-0.3, -0.25) is 9.36 Å². The Balaban J connectivity index is 1.66. The van der Waals surface area contributed by atoms with Gasteiger partial charge in [0.2, 0.25) is 0 Å². The van der Waals surface area contributed by atoms with Crippen molar-refractivity contribution in [2.75, 3.05) is 20.8 Å². The number of esters is 1. The van der Waals surface area contributed by atoms with Gasteiger partial charge in [-0.1, -0.05) is 11.3 Å². The maximum atomic E-state index is 13.9. The molecule has 10 nitrogen and oxygen atoms in total. The number of allylic oxidation sites excluding steroid dienone is 1. The number of methoxy groups -OCH3 is 2. The Morgan fingerprint density at radius 3 is 2.70 bits per heavy atom. The predicted octanol–water partition coefficient (Wildman–Crippen LogP) is 4.11. The first-order valence-electron chi connectivity index (χ1n) is 12.0. The monoisotopic (exact) mass is 642 g/mol. The summed E-state index contributed by atoms with van der Waals surface area (Å²) in [6.45, 7) is 3.62. The lowest BCUT2D eigenvalue weighted by molar-refractivity contribution is -0.139. The quantitative estimate of drug-likeness (QED) is 0.207. The number of thiazole rings is 1. The maximum absolute atomic E-state index is 13.9. The number of rotatable bonds is 8. The van der Waals surface area contributed by atoms with Crippen molar-refractivity contribution in [3.8, 4) is 11.5 Å². The maximum Gasteiger partial charge on any atom is 0.338 e. The second-order valence-corrected chi connectivity index (χ2v) is 11.1. The van der Waals surface area contributed by atoms with E-state index in [-0.39, 0.29) is 17.7 Å². The van der Waals surface area contributed by atoms with E-state index in [1.165, 1.54) is 34.8 Å². The molecule has 0 N–H and O–H groups in total. The molecule has 13 heteroatoms. The van der Waals surface area contributed by atoms with E-state index in [2.05, 4.69) is 30.9 Å². The largest absolute Gasteiger partial charge is 0.497 e. The summed E-state index contributed by atoms with van der Waals surface area (Å²) in [5.74, 6) is 0.917. The van der Waals surface area contributed by atoms with Gasteiger partial charge in [-0.15, -0.1) is 0 Å². The van der Waals surface area contributed by atoms with Gasteiger partial charge in [0.15, 0.2) is 15.1 Å².